The van der Waals surface area contributed by atoms with Crippen molar-refractivity contribution in [3.8, 4) is 0 Å². The minimum atomic E-state index is -4.94. The van der Waals surface area contributed by atoms with Gasteiger partial charge >= 0.3 is 32.3 Å². The molecule has 19 heavy (non-hydrogen) atoms. The van der Waals surface area contributed by atoms with Gasteiger partial charge in [-0.15, -0.1) is 20.5 Å². The van der Waals surface area contributed by atoms with Crippen LogP contribution in [-0.4, -0.2) is 32.9 Å². The summed E-state index contributed by atoms with van der Waals surface area (Å²) in [6, 6.07) is 0. The van der Waals surface area contributed by atoms with E-state index in [9.17, 15) is 0 Å². The number of rotatable bonds is 0. The number of hydrogen-bond donors (Lipinski definition) is 0. The molecule has 19 heteroatoms. The summed E-state index contributed by atoms with van der Waals surface area (Å²) >= 11 is -2.51. The fraction of sp³-hybridized carbons (Fsp3) is 0. The molecule has 0 aromatic rings. The standard InChI is InChI=1S/2ClHO4.6H2O.2O.U/c2*2-1(3,4)5;;;;;;;;;/h2*(H,2,3,4,5);6*1H2;;;/q;;;;;;;;;;+2/p-2. The van der Waals surface area contributed by atoms with Crippen molar-refractivity contribution in [2.75, 3.05) is 0 Å². The van der Waals surface area contributed by atoms with Crippen molar-refractivity contribution in [3.63, 3.8) is 0 Å². The van der Waals surface area contributed by atoms with Gasteiger partial charge in [0.05, 0.1) is 0 Å². The summed E-state index contributed by atoms with van der Waals surface area (Å²) in [6.45, 7) is 0. The molecule has 0 unspecified atom stereocenters. The van der Waals surface area contributed by atoms with Gasteiger partial charge in [0, 0.05) is 0 Å². The van der Waals surface area contributed by atoms with Crippen molar-refractivity contribution >= 4 is 0 Å². The van der Waals surface area contributed by atoms with E-state index in [-0.39, 0.29) is 32.9 Å². The van der Waals surface area contributed by atoms with E-state index in [2.05, 4.69) is 0 Å². The zero-order valence-corrected chi connectivity index (χ0v) is 14.0. The molecule has 0 fully saturated rings. The van der Waals surface area contributed by atoms with Crippen LogP contribution >= 0.6 is 0 Å². The maximum absolute atomic E-state index is 8.58. The average Bonchev–Trinajstić information content (AvgIpc) is 1.52. The third kappa shape index (κ3) is 11500. The second-order valence-electron chi connectivity index (χ2n) is 0.839. The molecule has 0 bridgehead atoms. The Morgan fingerprint density at radius 2 is 0.474 bits per heavy atom. The Morgan fingerprint density at radius 1 is 0.474 bits per heavy atom. The predicted octanol–water partition coefficient (Wildman–Crippen LogP) is -14.7. The summed E-state index contributed by atoms with van der Waals surface area (Å²) < 4.78 is 85.1. The van der Waals surface area contributed by atoms with E-state index in [0.717, 1.165) is 0 Å². The SMILES string of the molecule is O.O.O.O.O.O.[O-][Cl+3]([O-])([O-])[O-].[O-][Cl+3]([O-])([O-])[O-].[O]=[U+2]=[O]. The molecule has 12 N–H and O–H groups in total. The first kappa shape index (κ1) is 60.2. The van der Waals surface area contributed by atoms with Gasteiger partial charge in [0.25, 0.3) is 0 Å². The van der Waals surface area contributed by atoms with Crippen LogP contribution in [0.1, 0.15) is 0 Å². The Morgan fingerprint density at radius 3 is 0.474 bits per heavy atom. The van der Waals surface area contributed by atoms with Gasteiger partial charge in [-0.2, -0.15) is 0 Å². The van der Waals surface area contributed by atoms with Crippen LogP contribution < -0.4 is 37.3 Å². The van der Waals surface area contributed by atoms with Crippen molar-refractivity contribution < 1.29 is 123 Å². The zero-order valence-electron chi connectivity index (χ0n) is 8.34. The van der Waals surface area contributed by atoms with E-state index < -0.39 is 48.3 Å². The molecule has 16 nitrogen and oxygen atoms in total. The van der Waals surface area contributed by atoms with Crippen LogP contribution in [0.25, 0.3) is 0 Å². The summed E-state index contributed by atoms with van der Waals surface area (Å²) in [5.41, 5.74) is 0. The molecule has 0 radical (unpaired) electrons. The third-order valence-corrected chi connectivity index (χ3v) is 0. The molecule has 0 rings (SSSR count). The molecule has 0 aromatic carbocycles. The molecule has 0 amide bonds. The van der Waals surface area contributed by atoms with E-state index in [1.54, 1.807) is 0 Å². The second kappa shape index (κ2) is 31.2. The average molecular weight is 577 g/mol. The molecule has 126 valence electrons. The number of hydrogen-bond acceptors (Lipinski definition) is 10. The summed E-state index contributed by atoms with van der Waals surface area (Å²) in [6.07, 6.45) is 0. The van der Waals surface area contributed by atoms with Crippen LogP contribution in [0.4, 0.5) is 0 Å². The van der Waals surface area contributed by atoms with Gasteiger partial charge in [-0.05, 0) is 0 Å². The van der Waals surface area contributed by atoms with Crippen molar-refractivity contribution in [3.05, 3.63) is 0 Å². The Hall–Kier alpha value is 0.672. The summed E-state index contributed by atoms with van der Waals surface area (Å²) in [5.74, 6) is 0. The van der Waals surface area contributed by atoms with E-state index >= 15 is 0 Å². The van der Waals surface area contributed by atoms with Crippen molar-refractivity contribution in [2.45, 2.75) is 0 Å². The molecule has 0 aromatic heterocycles. The zero-order chi connectivity index (χ0) is 11.7. The second-order valence-corrected chi connectivity index (χ2v) is 3.05. The Bertz CT molecular complexity index is 112. The topological polar surface area (TPSA) is 408 Å². The molecule has 0 aliphatic carbocycles. The van der Waals surface area contributed by atoms with Crippen LogP contribution in [0.2, 0.25) is 0 Å². The Kier molecular flexibility index (Phi) is 98.9. The quantitative estimate of drug-likeness (QED) is 0.261. The monoisotopic (exact) mass is 576 g/mol. The maximum atomic E-state index is 8.58. The number of halogens is 2. The fourth-order valence-corrected chi connectivity index (χ4v) is 0. The summed E-state index contributed by atoms with van der Waals surface area (Å²) in [7, 11) is -9.89. The van der Waals surface area contributed by atoms with Gasteiger partial charge < -0.3 is 32.9 Å². The molecular formula is H12Cl2O16U. The Labute approximate surface area is 123 Å². The van der Waals surface area contributed by atoms with Gasteiger partial charge in [0.1, 0.15) is 0 Å². The molecule has 0 aliphatic rings. The van der Waals surface area contributed by atoms with Crippen molar-refractivity contribution in [2.24, 2.45) is 0 Å². The van der Waals surface area contributed by atoms with Crippen LogP contribution in [-0.2, 0) is 4.47 Å². The first-order valence-electron chi connectivity index (χ1n) is 1.64. The normalized spacial score (nSPS) is 6.74. The van der Waals surface area contributed by atoms with E-state index in [1.165, 1.54) is 0 Å². The first-order valence-corrected chi connectivity index (χ1v) is 7.51. The van der Waals surface area contributed by atoms with Gasteiger partial charge in [-0.3, -0.25) is 0 Å². The molecule has 0 atom stereocenters. The molecular weight excluding hydrogens is 565 g/mol. The summed E-state index contributed by atoms with van der Waals surface area (Å²) in [4.78, 5) is 0. The third-order valence-electron chi connectivity index (χ3n) is 0. The van der Waals surface area contributed by atoms with Gasteiger partial charge in [0.15, 0.2) is 0 Å². The van der Waals surface area contributed by atoms with Gasteiger partial charge in [-0.1, -0.05) is 0 Å². The Balaban J connectivity index is -0.00000000995. The van der Waals surface area contributed by atoms with Crippen LogP contribution in [0.5, 0.6) is 0 Å². The molecule has 0 spiro atoms. The predicted molar refractivity (Wildman–Crippen MR) is 23.1 cm³/mol. The van der Waals surface area contributed by atoms with E-state index in [4.69, 9.17) is 41.7 Å². The van der Waals surface area contributed by atoms with Gasteiger partial charge in [0.2, 0.25) is 0 Å². The van der Waals surface area contributed by atoms with Crippen LogP contribution in [0.15, 0.2) is 0 Å². The summed E-state index contributed by atoms with van der Waals surface area (Å²) in [5, 5.41) is 0. The van der Waals surface area contributed by atoms with Crippen LogP contribution in [0, 0.1) is 48.3 Å². The minimum absolute atomic E-state index is 0. The van der Waals surface area contributed by atoms with Gasteiger partial charge in [-0.25, -0.2) is 37.3 Å². The molecule has 0 saturated heterocycles. The van der Waals surface area contributed by atoms with E-state index in [0.29, 0.717) is 0 Å². The van der Waals surface area contributed by atoms with Crippen molar-refractivity contribution in [1.29, 1.82) is 0 Å². The van der Waals surface area contributed by atoms with Crippen molar-refractivity contribution in [1.82, 2.24) is 0 Å². The van der Waals surface area contributed by atoms with Crippen LogP contribution in [0.3, 0.4) is 0 Å². The molecule has 0 saturated carbocycles. The fourth-order valence-electron chi connectivity index (χ4n) is 0. The first-order chi connectivity index (χ1) is 5.41. The van der Waals surface area contributed by atoms with E-state index in [1.807, 2.05) is 0 Å². The molecule has 0 heterocycles. The molecule has 0 aliphatic heterocycles.